The quantitative estimate of drug-likeness (QED) is 0.809. The molecule has 1 aromatic rings. The first-order valence-electron chi connectivity index (χ1n) is 4.90. The Balaban J connectivity index is 2.61. The van der Waals surface area contributed by atoms with Gasteiger partial charge in [0.2, 0.25) is 0 Å². The summed E-state index contributed by atoms with van der Waals surface area (Å²) < 4.78 is 37.1. The molecule has 0 saturated heterocycles. The average Bonchev–Trinajstić information content (AvgIpc) is 2.16. The molecule has 90 valence electrons. The summed E-state index contributed by atoms with van der Waals surface area (Å²) in [7, 11) is 0. The summed E-state index contributed by atoms with van der Waals surface area (Å²) in [4.78, 5) is 0. The summed E-state index contributed by atoms with van der Waals surface area (Å²) in [5.74, 6) is 0. The molecule has 0 aliphatic rings. The van der Waals surface area contributed by atoms with Crippen LogP contribution >= 0.6 is 11.6 Å². The molecule has 1 N–H and O–H groups in total. The molecule has 5 heteroatoms. The highest BCUT2D eigenvalue weighted by Crippen LogP contribution is 2.29. The lowest BCUT2D eigenvalue weighted by molar-refractivity contribution is -0.137. The van der Waals surface area contributed by atoms with Crippen LogP contribution in [0.2, 0.25) is 0 Å². The Labute approximate surface area is 97.6 Å². The lowest BCUT2D eigenvalue weighted by Crippen LogP contribution is -2.21. The van der Waals surface area contributed by atoms with Gasteiger partial charge >= 0.3 is 6.18 Å². The van der Waals surface area contributed by atoms with Crippen LogP contribution in [0.15, 0.2) is 24.3 Å². The molecule has 0 radical (unpaired) electrons. The second-order valence-corrected chi connectivity index (χ2v) is 4.35. The molecule has 0 amide bonds. The molecule has 1 unspecified atom stereocenters. The molecule has 1 aromatic carbocycles. The fourth-order valence-electron chi connectivity index (χ4n) is 1.27. The highest BCUT2D eigenvalue weighted by Gasteiger charge is 2.30. The third-order valence-electron chi connectivity index (χ3n) is 2.01. The molecule has 0 bridgehead atoms. The van der Waals surface area contributed by atoms with Crippen LogP contribution < -0.4 is 5.32 Å². The molecule has 0 spiro atoms. The van der Waals surface area contributed by atoms with Crippen LogP contribution in [0.1, 0.15) is 18.1 Å². The van der Waals surface area contributed by atoms with E-state index in [0.29, 0.717) is 18.7 Å². The monoisotopic (exact) mass is 251 g/mol. The maximum atomic E-state index is 12.4. The summed E-state index contributed by atoms with van der Waals surface area (Å²) in [6.07, 6.45) is -4.28. The van der Waals surface area contributed by atoms with E-state index in [0.717, 1.165) is 12.1 Å². The van der Waals surface area contributed by atoms with Crippen LogP contribution in [0.25, 0.3) is 0 Å². The summed E-state index contributed by atoms with van der Waals surface area (Å²) in [5.41, 5.74) is -0.0159. The summed E-state index contributed by atoms with van der Waals surface area (Å²) in [6.45, 7) is 2.78. The first-order chi connectivity index (χ1) is 7.39. The van der Waals surface area contributed by atoms with Crippen LogP contribution in [-0.2, 0) is 12.7 Å². The predicted octanol–water partition coefficient (Wildman–Crippen LogP) is 3.42. The van der Waals surface area contributed by atoms with Gasteiger partial charge in [-0.3, -0.25) is 0 Å². The second kappa shape index (κ2) is 5.55. The van der Waals surface area contributed by atoms with E-state index in [1.807, 2.05) is 6.92 Å². The van der Waals surface area contributed by atoms with E-state index in [2.05, 4.69) is 5.32 Å². The number of alkyl halides is 4. The van der Waals surface area contributed by atoms with Crippen molar-refractivity contribution in [1.82, 2.24) is 5.32 Å². The molecule has 0 aliphatic heterocycles. The molecule has 0 saturated carbocycles. The third-order valence-corrected chi connectivity index (χ3v) is 2.16. The van der Waals surface area contributed by atoms with Gasteiger partial charge in [-0.05, 0) is 18.6 Å². The van der Waals surface area contributed by atoms with Crippen molar-refractivity contribution in [2.24, 2.45) is 0 Å². The average molecular weight is 252 g/mol. The van der Waals surface area contributed by atoms with Gasteiger partial charge in [-0.1, -0.05) is 18.2 Å². The summed E-state index contributed by atoms with van der Waals surface area (Å²) >= 11 is 5.71. The Morgan fingerprint density at radius 3 is 2.62 bits per heavy atom. The van der Waals surface area contributed by atoms with Gasteiger partial charge in [0, 0.05) is 18.5 Å². The largest absolute Gasteiger partial charge is 0.416 e. The van der Waals surface area contributed by atoms with E-state index in [-0.39, 0.29) is 5.38 Å². The van der Waals surface area contributed by atoms with Crippen molar-refractivity contribution in [1.29, 1.82) is 0 Å². The van der Waals surface area contributed by atoms with Crippen LogP contribution in [0.5, 0.6) is 0 Å². The third kappa shape index (κ3) is 4.41. The van der Waals surface area contributed by atoms with Crippen LogP contribution in [0.4, 0.5) is 13.2 Å². The highest BCUT2D eigenvalue weighted by molar-refractivity contribution is 6.20. The molecule has 0 fully saturated rings. The number of hydrogen-bond donors (Lipinski definition) is 1. The first-order valence-corrected chi connectivity index (χ1v) is 5.34. The van der Waals surface area contributed by atoms with E-state index in [9.17, 15) is 13.2 Å². The Morgan fingerprint density at radius 2 is 2.06 bits per heavy atom. The summed E-state index contributed by atoms with van der Waals surface area (Å²) in [5, 5.41) is 2.94. The topological polar surface area (TPSA) is 12.0 Å². The summed E-state index contributed by atoms with van der Waals surface area (Å²) in [6, 6.07) is 5.27. The molecular weight excluding hydrogens is 239 g/mol. The van der Waals surface area contributed by atoms with Crippen molar-refractivity contribution < 1.29 is 13.2 Å². The van der Waals surface area contributed by atoms with Crippen LogP contribution in [-0.4, -0.2) is 11.9 Å². The SMILES string of the molecule is CC(Cl)CNCc1cccc(C(F)(F)F)c1. The van der Waals surface area contributed by atoms with Gasteiger partial charge in [-0.25, -0.2) is 0 Å². The molecular formula is C11H13ClF3N. The van der Waals surface area contributed by atoms with Crippen LogP contribution in [0.3, 0.4) is 0 Å². The predicted molar refractivity (Wildman–Crippen MR) is 58.5 cm³/mol. The minimum Gasteiger partial charge on any atom is -0.311 e. The molecule has 1 nitrogen and oxygen atoms in total. The Morgan fingerprint density at radius 1 is 1.38 bits per heavy atom. The lowest BCUT2D eigenvalue weighted by Gasteiger charge is -2.10. The van der Waals surface area contributed by atoms with Gasteiger partial charge in [0.25, 0.3) is 0 Å². The molecule has 0 heterocycles. The molecule has 0 aromatic heterocycles. The first kappa shape index (κ1) is 13.3. The van der Waals surface area contributed by atoms with Gasteiger partial charge < -0.3 is 5.32 Å². The normalized spacial score (nSPS) is 13.8. The molecule has 1 rings (SSSR count). The number of rotatable bonds is 4. The molecule has 16 heavy (non-hydrogen) atoms. The minimum absolute atomic E-state index is 0.0363. The number of nitrogens with one attached hydrogen (secondary N) is 1. The Hall–Kier alpha value is -0.740. The fraction of sp³-hybridized carbons (Fsp3) is 0.455. The fourth-order valence-corrected chi connectivity index (χ4v) is 1.38. The van der Waals surface area contributed by atoms with Gasteiger partial charge in [-0.15, -0.1) is 11.6 Å². The van der Waals surface area contributed by atoms with E-state index < -0.39 is 11.7 Å². The van der Waals surface area contributed by atoms with Crippen LogP contribution in [0, 0.1) is 0 Å². The van der Waals surface area contributed by atoms with Gasteiger partial charge in [0.1, 0.15) is 0 Å². The highest BCUT2D eigenvalue weighted by atomic mass is 35.5. The van der Waals surface area contributed by atoms with Crippen molar-refractivity contribution in [2.75, 3.05) is 6.54 Å². The van der Waals surface area contributed by atoms with Crippen molar-refractivity contribution in [2.45, 2.75) is 25.0 Å². The van der Waals surface area contributed by atoms with Crippen molar-refractivity contribution in [3.8, 4) is 0 Å². The lowest BCUT2D eigenvalue weighted by atomic mass is 10.1. The smallest absolute Gasteiger partial charge is 0.311 e. The zero-order valence-corrected chi connectivity index (χ0v) is 9.57. The van der Waals surface area contributed by atoms with Gasteiger partial charge in [0.15, 0.2) is 0 Å². The maximum Gasteiger partial charge on any atom is 0.416 e. The number of hydrogen-bond acceptors (Lipinski definition) is 1. The second-order valence-electron chi connectivity index (χ2n) is 3.61. The van der Waals surface area contributed by atoms with Gasteiger partial charge in [0.05, 0.1) is 5.56 Å². The zero-order valence-electron chi connectivity index (χ0n) is 8.81. The van der Waals surface area contributed by atoms with Crippen molar-refractivity contribution in [3.05, 3.63) is 35.4 Å². The van der Waals surface area contributed by atoms with E-state index in [1.165, 1.54) is 6.07 Å². The van der Waals surface area contributed by atoms with E-state index in [1.54, 1.807) is 6.07 Å². The van der Waals surface area contributed by atoms with E-state index in [4.69, 9.17) is 11.6 Å². The minimum atomic E-state index is -4.28. The van der Waals surface area contributed by atoms with E-state index >= 15 is 0 Å². The van der Waals surface area contributed by atoms with Gasteiger partial charge in [-0.2, -0.15) is 13.2 Å². The van der Waals surface area contributed by atoms with Crippen molar-refractivity contribution >= 4 is 11.6 Å². The van der Waals surface area contributed by atoms with Crippen molar-refractivity contribution in [3.63, 3.8) is 0 Å². The standard InChI is InChI=1S/C11H13ClF3N/c1-8(12)6-16-7-9-3-2-4-10(5-9)11(13,14)15/h2-5,8,16H,6-7H2,1H3. The Bertz CT molecular complexity index is 336. The number of halogens is 4. The molecule has 1 atom stereocenters. The molecule has 0 aliphatic carbocycles. The zero-order chi connectivity index (χ0) is 12.2. The maximum absolute atomic E-state index is 12.4. The number of benzene rings is 1. The Kier molecular flexibility index (Phi) is 4.62.